The van der Waals surface area contributed by atoms with Crippen molar-refractivity contribution in [2.45, 2.75) is 38.5 Å². The van der Waals surface area contributed by atoms with Gasteiger partial charge in [-0.15, -0.1) is 0 Å². The van der Waals surface area contributed by atoms with Crippen molar-refractivity contribution in [2.24, 2.45) is 0 Å². The molecule has 0 heterocycles. The molecule has 86 valence electrons. The third-order valence-electron chi connectivity index (χ3n) is 1.97. The molecule has 0 fully saturated rings. The number of rotatable bonds is 5. The van der Waals surface area contributed by atoms with Crippen molar-refractivity contribution in [1.29, 1.82) is 0 Å². The van der Waals surface area contributed by atoms with Crippen LogP contribution in [-0.4, -0.2) is 43.2 Å². The zero-order chi connectivity index (χ0) is 11.4. The van der Waals surface area contributed by atoms with Crippen LogP contribution in [0.1, 0.15) is 27.7 Å². The second-order valence-electron chi connectivity index (χ2n) is 4.36. The van der Waals surface area contributed by atoms with E-state index in [1.165, 1.54) is 0 Å². The van der Waals surface area contributed by atoms with E-state index in [2.05, 4.69) is 5.32 Å². The number of hydrogen-bond acceptors (Lipinski definition) is 4. The van der Waals surface area contributed by atoms with Gasteiger partial charge < -0.3 is 10.4 Å². The maximum Gasteiger partial charge on any atom is 0.157 e. The van der Waals surface area contributed by atoms with Gasteiger partial charge in [0.2, 0.25) is 0 Å². The van der Waals surface area contributed by atoms with Crippen molar-refractivity contribution in [3.8, 4) is 0 Å². The molecular weight excluding hydrogens is 202 g/mol. The summed E-state index contributed by atoms with van der Waals surface area (Å²) in [6, 6.07) is 0. The SMILES string of the molecule is CCNCC(O)CS(=O)(=O)C(C)(C)C. The predicted molar refractivity (Wildman–Crippen MR) is 58.1 cm³/mol. The molecule has 5 heteroatoms. The van der Waals surface area contributed by atoms with Crippen molar-refractivity contribution in [3.63, 3.8) is 0 Å². The Balaban J connectivity index is 4.24. The second-order valence-corrected chi connectivity index (χ2v) is 7.14. The molecule has 0 amide bonds. The molecule has 0 aliphatic rings. The van der Waals surface area contributed by atoms with Gasteiger partial charge in [-0.1, -0.05) is 6.92 Å². The first-order chi connectivity index (χ1) is 6.20. The van der Waals surface area contributed by atoms with Crippen molar-refractivity contribution in [1.82, 2.24) is 5.32 Å². The highest BCUT2D eigenvalue weighted by molar-refractivity contribution is 7.92. The van der Waals surface area contributed by atoms with E-state index in [9.17, 15) is 13.5 Å². The highest BCUT2D eigenvalue weighted by Gasteiger charge is 2.30. The van der Waals surface area contributed by atoms with E-state index in [1.54, 1.807) is 20.8 Å². The smallest absolute Gasteiger partial charge is 0.157 e. The minimum absolute atomic E-state index is 0.177. The number of aliphatic hydroxyl groups is 1. The van der Waals surface area contributed by atoms with E-state index < -0.39 is 20.7 Å². The van der Waals surface area contributed by atoms with Crippen molar-refractivity contribution < 1.29 is 13.5 Å². The van der Waals surface area contributed by atoms with Crippen LogP contribution in [0.25, 0.3) is 0 Å². The molecule has 0 saturated carbocycles. The van der Waals surface area contributed by atoms with Crippen LogP contribution in [0.4, 0.5) is 0 Å². The molecule has 1 atom stereocenters. The lowest BCUT2D eigenvalue weighted by Crippen LogP contribution is -2.39. The molecule has 4 nitrogen and oxygen atoms in total. The Bertz CT molecular complexity index is 254. The number of nitrogens with one attached hydrogen (secondary N) is 1. The standard InChI is InChI=1S/C9H21NO3S/c1-5-10-6-8(11)7-14(12,13)9(2,3)4/h8,10-11H,5-7H2,1-4H3. The minimum atomic E-state index is -3.22. The summed E-state index contributed by atoms with van der Waals surface area (Å²) >= 11 is 0. The van der Waals surface area contributed by atoms with Crippen molar-refractivity contribution in [3.05, 3.63) is 0 Å². The van der Waals surface area contributed by atoms with Crippen LogP contribution >= 0.6 is 0 Å². The summed E-state index contributed by atoms with van der Waals surface area (Å²) in [7, 11) is -3.22. The first-order valence-corrected chi connectivity index (χ1v) is 6.47. The first-order valence-electron chi connectivity index (χ1n) is 4.82. The van der Waals surface area contributed by atoms with Crippen LogP contribution in [0.5, 0.6) is 0 Å². The third kappa shape index (κ3) is 4.39. The van der Waals surface area contributed by atoms with E-state index in [0.29, 0.717) is 6.54 Å². The Hall–Kier alpha value is -0.130. The fraction of sp³-hybridized carbons (Fsp3) is 1.00. The molecule has 0 spiro atoms. The molecule has 0 radical (unpaired) electrons. The Morgan fingerprint density at radius 2 is 1.86 bits per heavy atom. The van der Waals surface area contributed by atoms with Gasteiger partial charge in [0, 0.05) is 6.54 Å². The number of hydrogen-bond donors (Lipinski definition) is 2. The first kappa shape index (κ1) is 13.9. The van der Waals surface area contributed by atoms with Crippen LogP contribution in [0.15, 0.2) is 0 Å². The van der Waals surface area contributed by atoms with Gasteiger partial charge in [-0.25, -0.2) is 8.42 Å². The Morgan fingerprint density at radius 1 is 1.36 bits per heavy atom. The molecule has 0 aromatic rings. The predicted octanol–water partition coefficient (Wildman–Crippen LogP) is 0.170. The summed E-state index contributed by atoms with van der Waals surface area (Å²) in [6.45, 7) is 7.89. The highest BCUT2D eigenvalue weighted by atomic mass is 32.2. The molecule has 0 rings (SSSR count). The fourth-order valence-corrected chi connectivity index (χ4v) is 2.00. The summed E-state index contributed by atoms with van der Waals surface area (Å²) in [4.78, 5) is 0. The monoisotopic (exact) mass is 223 g/mol. The van der Waals surface area contributed by atoms with E-state index >= 15 is 0 Å². The molecule has 0 aliphatic heterocycles. The van der Waals surface area contributed by atoms with Gasteiger partial charge in [0.25, 0.3) is 0 Å². The number of aliphatic hydroxyl groups excluding tert-OH is 1. The maximum absolute atomic E-state index is 11.6. The topological polar surface area (TPSA) is 66.4 Å². The number of sulfone groups is 1. The van der Waals surface area contributed by atoms with Crippen LogP contribution in [0.2, 0.25) is 0 Å². The van der Waals surface area contributed by atoms with Gasteiger partial charge in [0.05, 0.1) is 16.6 Å². The van der Waals surface area contributed by atoms with Gasteiger partial charge in [-0.05, 0) is 27.3 Å². The van der Waals surface area contributed by atoms with Crippen molar-refractivity contribution in [2.75, 3.05) is 18.8 Å². The van der Waals surface area contributed by atoms with Gasteiger partial charge in [0.15, 0.2) is 9.84 Å². The molecular formula is C9H21NO3S. The Labute approximate surface area is 86.6 Å². The fourth-order valence-electron chi connectivity index (χ4n) is 0.873. The van der Waals surface area contributed by atoms with Crippen molar-refractivity contribution >= 4 is 9.84 Å². The summed E-state index contributed by atoms with van der Waals surface area (Å²) < 4.78 is 22.5. The van der Waals surface area contributed by atoms with Gasteiger partial charge >= 0.3 is 0 Å². The van der Waals surface area contributed by atoms with E-state index in [1.807, 2.05) is 6.92 Å². The molecule has 0 aromatic heterocycles. The molecule has 1 unspecified atom stereocenters. The largest absolute Gasteiger partial charge is 0.391 e. The highest BCUT2D eigenvalue weighted by Crippen LogP contribution is 2.16. The van der Waals surface area contributed by atoms with Gasteiger partial charge in [-0.2, -0.15) is 0 Å². The minimum Gasteiger partial charge on any atom is -0.391 e. The zero-order valence-corrected chi connectivity index (χ0v) is 10.2. The van der Waals surface area contributed by atoms with Gasteiger partial charge in [-0.3, -0.25) is 0 Å². The average Bonchev–Trinajstić information content (AvgIpc) is 1.97. The molecule has 14 heavy (non-hydrogen) atoms. The quantitative estimate of drug-likeness (QED) is 0.697. The van der Waals surface area contributed by atoms with Crippen LogP contribution in [0.3, 0.4) is 0 Å². The third-order valence-corrected chi connectivity index (χ3v) is 4.66. The Morgan fingerprint density at radius 3 is 2.21 bits per heavy atom. The summed E-state index contributed by atoms with van der Waals surface area (Å²) in [5.74, 6) is -0.177. The Kier molecular flexibility index (Phi) is 5.05. The molecule has 0 saturated heterocycles. The number of likely N-dealkylation sites (N-methyl/N-ethyl adjacent to an activating group) is 1. The van der Waals surface area contributed by atoms with E-state index in [-0.39, 0.29) is 5.75 Å². The summed E-state index contributed by atoms with van der Waals surface area (Å²) in [6.07, 6.45) is -0.820. The lowest BCUT2D eigenvalue weighted by atomic mass is 10.3. The lowest BCUT2D eigenvalue weighted by Gasteiger charge is -2.21. The zero-order valence-electron chi connectivity index (χ0n) is 9.37. The molecule has 0 aliphatic carbocycles. The molecule has 0 aromatic carbocycles. The van der Waals surface area contributed by atoms with Gasteiger partial charge in [0.1, 0.15) is 0 Å². The van der Waals surface area contributed by atoms with Crippen LogP contribution < -0.4 is 5.32 Å². The van der Waals surface area contributed by atoms with Crippen LogP contribution in [-0.2, 0) is 9.84 Å². The van der Waals surface area contributed by atoms with E-state index in [4.69, 9.17) is 0 Å². The second kappa shape index (κ2) is 5.09. The molecule has 2 N–H and O–H groups in total. The summed E-state index contributed by atoms with van der Waals surface area (Å²) in [5.41, 5.74) is 0. The summed E-state index contributed by atoms with van der Waals surface area (Å²) in [5, 5.41) is 12.3. The van der Waals surface area contributed by atoms with E-state index in [0.717, 1.165) is 6.54 Å². The lowest BCUT2D eigenvalue weighted by molar-refractivity contribution is 0.194. The molecule has 0 bridgehead atoms. The normalized spacial score (nSPS) is 15.5. The average molecular weight is 223 g/mol. The maximum atomic E-state index is 11.6. The van der Waals surface area contributed by atoms with Crippen LogP contribution in [0, 0.1) is 0 Å².